The van der Waals surface area contributed by atoms with Crippen molar-refractivity contribution in [1.29, 1.82) is 0 Å². The Bertz CT molecular complexity index is 236. The molecule has 14 heavy (non-hydrogen) atoms. The zero-order valence-electron chi connectivity index (χ0n) is 10.6. The monoisotopic (exact) mass is 242 g/mol. The molecule has 1 rings (SSSR count). The third kappa shape index (κ3) is 5.90. The molecule has 0 unspecified atom stereocenters. The van der Waals surface area contributed by atoms with E-state index in [1.807, 2.05) is 0 Å². The summed E-state index contributed by atoms with van der Waals surface area (Å²) in [5.41, 5.74) is 5.75. The molecule has 0 amide bonds. The zero-order valence-corrected chi connectivity index (χ0v) is 13.1. The predicted molar refractivity (Wildman–Crippen MR) is 64.3 cm³/mol. The quantitative estimate of drug-likeness (QED) is 0.476. The first-order chi connectivity index (χ1) is 5.86. The van der Waals surface area contributed by atoms with Crippen molar-refractivity contribution in [3.05, 3.63) is 28.3 Å². The molecule has 1 radical (unpaired) electrons. The van der Waals surface area contributed by atoms with Gasteiger partial charge in [0.1, 0.15) is 0 Å². The average Bonchev–Trinajstić information content (AvgIpc) is 2.17. The van der Waals surface area contributed by atoms with Crippen LogP contribution in [0.5, 0.6) is 0 Å². The summed E-state index contributed by atoms with van der Waals surface area (Å²) < 4.78 is 0. The van der Waals surface area contributed by atoms with Gasteiger partial charge in [0.05, 0.1) is 0 Å². The van der Waals surface area contributed by atoms with Crippen LogP contribution in [0.2, 0.25) is 19.6 Å². The van der Waals surface area contributed by atoms with Gasteiger partial charge in [-0.05, 0) is 0 Å². The second kappa shape index (κ2) is 7.56. The third-order valence-electron chi connectivity index (χ3n) is 2.18. The molecular formula is C12H22SiTi-. The summed E-state index contributed by atoms with van der Waals surface area (Å²) in [6.07, 6.45) is 0. The van der Waals surface area contributed by atoms with Crippen molar-refractivity contribution in [3.8, 4) is 0 Å². The number of aryl methyl sites for hydroxylation is 2. The van der Waals surface area contributed by atoms with E-state index in [9.17, 15) is 0 Å². The number of hydrogen-bond donors (Lipinski definition) is 0. The van der Waals surface area contributed by atoms with Gasteiger partial charge in [0.25, 0.3) is 0 Å². The Morgan fingerprint density at radius 3 is 1.07 bits per heavy atom. The second-order valence-corrected chi connectivity index (χ2v) is 7.26. The summed E-state index contributed by atoms with van der Waals surface area (Å²) in [5, 5.41) is 0. The Balaban J connectivity index is 0. The van der Waals surface area contributed by atoms with Gasteiger partial charge >= 0.3 is 0 Å². The van der Waals surface area contributed by atoms with Crippen molar-refractivity contribution < 1.29 is 21.7 Å². The van der Waals surface area contributed by atoms with Crippen LogP contribution >= 0.6 is 0 Å². The van der Waals surface area contributed by atoms with Gasteiger partial charge in [-0.15, -0.1) is 0 Å². The van der Waals surface area contributed by atoms with Gasteiger partial charge in [-0.3, -0.25) is 0 Å². The molecule has 0 heterocycles. The SMILES string of the molecule is C[Si](C)C.Cc1[cH-]c(C)c(C)c1C.[Ti]. The van der Waals surface area contributed by atoms with Crippen molar-refractivity contribution in [2.75, 3.05) is 0 Å². The van der Waals surface area contributed by atoms with Crippen LogP contribution in [0, 0.1) is 27.7 Å². The van der Waals surface area contributed by atoms with E-state index in [2.05, 4.69) is 53.4 Å². The van der Waals surface area contributed by atoms with Gasteiger partial charge in [0.2, 0.25) is 0 Å². The minimum absolute atomic E-state index is 0. The molecule has 1 aromatic rings. The first kappa shape index (κ1) is 16.7. The standard InChI is InChI=1S/C9H13.C3H9Si.Ti/c1-6-5-7(2)9(4)8(6)3;1-4(2)3;/h5H,1-4H3;1-3H3;/q-1;;. The van der Waals surface area contributed by atoms with Gasteiger partial charge < -0.3 is 0 Å². The summed E-state index contributed by atoms with van der Waals surface area (Å²) in [5.74, 6) is 0. The van der Waals surface area contributed by atoms with Crippen molar-refractivity contribution in [2.24, 2.45) is 0 Å². The normalized spacial score (nSPS) is 9.14. The molecule has 0 aliphatic rings. The van der Waals surface area contributed by atoms with Crippen LogP contribution in [-0.4, -0.2) is 8.80 Å². The van der Waals surface area contributed by atoms with Crippen LogP contribution in [0.3, 0.4) is 0 Å². The first-order valence-corrected chi connectivity index (χ1v) is 7.83. The minimum Gasteiger partial charge on any atom is -0.196 e. The maximum atomic E-state index is 2.27. The average molecular weight is 242 g/mol. The molecule has 0 spiro atoms. The second-order valence-electron chi connectivity index (χ2n) is 4.26. The molecule has 0 aliphatic heterocycles. The van der Waals surface area contributed by atoms with E-state index in [1.54, 1.807) is 0 Å². The van der Waals surface area contributed by atoms with Crippen LogP contribution in [0.25, 0.3) is 0 Å². The van der Waals surface area contributed by atoms with Crippen LogP contribution in [0.1, 0.15) is 22.3 Å². The molecule has 1 aromatic carbocycles. The smallest absolute Gasteiger partial charge is 0.0379 e. The van der Waals surface area contributed by atoms with Crippen LogP contribution in [0.4, 0.5) is 0 Å². The van der Waals surface area contributed by atoms with Gasteiger partial charge in [0.15, 0.2) is 0 Å². The van der Waals surface area contributed by atoms with E-state index < -0.39 is 0 Å². The zero-order chi connectivity index (χ0) is 10.6. The summed E-state index contributed by atoms with van der Waals surface area (Å²) in [7, 11) is 0.120. The fourth-order valence-corrected chi connectivity index (χ4v) is 1.13. The molecule has 0 N–H and O–H groups in total. The summed E-state index contributed by atoms with van der Waals surface area (Å²) in [4.78, 5) is 0. The minimum atomic E-state index is 0. The van der Waals surface area contributed by atoms with Crippen LogP contribution < -0.4 is 0 Å². The number of hydrogen-bond acceptors (Lipinski definition) is 0. The van der Waals surface area contributed by atoms with E-state index >= 15 is 0 Å². The molecule has 0 saturated heterocycles. The molecule has 2 heteroatoms. The molecule has 0 bridgehead atoms. The molecule has 0 atom stereocenters. The summed E-state index contributed by atoms with van der Waals surface area (Å²) in [6, 6.07) is 2.24. The Kier molecular flexibility index (Phi) is 9.02. The molecular weight excluding hydrogens is 220 g/mol. The largest absolute Gasteiger partial charge is 0.196 e. The number of rotatable bonds is 0. The Morgan fingerprint density at radius 1 is 0.786 bits per heavy atom. The topological polar surface area (TPSA) is 0 Å². The van der Waals surface area contributed by atoms with Crippen LogP contribution in [0.15, 0.2) is 6.07 Å². The van der Waals surface area contributed by atoms with Crippen molar-refractivity contribution in [2.45, 2.75) is 47.3 Å². The van der Waals surface area contributed by atoms with Gasteiger partial charge in [-0.2, -0.15) is 28.3 Å². The molecule has 0 fully saturated rings. The Hall–Kier alpha value is 0.281. The summed E-state index contributed by atoms with van der Waals surface area (Å²) in [6.45, 7) is 15.5. The Labute approximate surface area is 106 Å². The van der Waals surface area contributed by atoms with Gasteiger partial charge in [0, 0.05) is 30.5 Å². The summed E-state index contributed by atoms with van der Waals surface area (Å²) >= 11 is 0. The molecule has 0 nitrogen and oxygen atoms in total. The third-order valence-corrected chi connectivity index (χ3v) is 2.18. The van der Waals surface area contributed by atoms with E-state index in [0.29, 0.717) is 0 Å². The fraction of sp³-hybridized carbons (Fsp3) is 0.583. The van der Waals surface area contributed by atoms with E-state index in [-0.39, 0.29) is 30.5 Å². The molecule has 0 aliphatic carbocycles. The van der Waals surface area contributed by atoms with Gasteiger partial charge in [-0.25, -0.2) is 0 Å². The predicted octanol–water partition coefficient (Wildman–Crippen LogP) is 4.01. The molecule has 0 saturated carbocycles. The van der Waals surface area contributed by atoms with Crippen molar-refractivity contribution >= 4 is 8.80 Å². The maximum Gasteiger partial charge on any atom is 0.0379 e. The fourth-order valence-electron chi connectivity index (χ4n) is 1.13. The van der Waals surface area contributed by atoms with Crippen LogP contribution in [-0.2, 0) is 21.7 Å². The van der Waals surface area contributed by atoms with E-state index in [0.717, 1.165) is 0 Å². The van der Waals surface area contributed by atoms with E-state index in [1.165, 1.54) is 22.3 Å². The van der Waals surface area contributed by atoms with Crippen molar-refractivity contribution in [1.82, 2.24) is 0 Å². The molecule has 79 valence electrons. The van der Waals surface area contributed by atoms with Gasteiger partial charge in [-0.1, -0.05) is 47.3 Å². The first-order valence-electron chi connectivity index (χ1n) is 4.83. The molecule has 0 aromatic heterocycles. The Morgan fingerprint density at radius 2 is 1.00 bits per heavy atom. The van der Waals surface area contributed by atoms with E-state index in [4.69, 9.17) is 0 Å². The van der Waals surface area contributed by atoms with Crippen molar-refractivity contribution in [3.63, 3.8) is 0 Å². The maximum absolute atomic E-state index is 2.27.